The Labute approximate surface area is 377 Å². The minimum atomic E-state index is -1.56. The van der Waals surface area contributed by atoms with Crippen molar-refractivity contribution in [1.82, 2.24) is 0 Å². The highest BCUT2D eigenvalue weighted by Crippen LogP contribution is 2.22. The predicted molar refractivity (Wildman–Crippen MR) is 256 cm³/mol. The maximum atomic E-state index is 12.7. The zero-order valence-corrected chi connectivity index (χ0v) is 38.8. The molecular weight excluding hydrogens is 781 g/mol. The van der Waals surface area contributed by atoms with Gasteiger partial charge in [-0.25, -0.2) is 0 Å². The number of carbonyl (C=O) groups excluding carboxylic acids is 1. The lowest BCUT2D eigenvalue weighted by molar-refractivity contribution is -0.305. The molecule has 1 heterocycles. The number of aliphatic hydroxyl groups is 4. The van der Waals surface area contributed by atoms with Gasteiger partial charge in [-0.2, -0.15) is 0 Å². The first-order chi connectivity index (χ1) is 30.4. The lowest BCUT2D eigenvalue weighted by atomic mass is 9.99. The van der Waals surface area contributed by atoms with Crippen LogP contribution in [-0.2, 0) is 23.7 Å². The van der Waals surface area contributed by atoms with E-state index >= 15 is 0 Å². The van der Waals surface area contributed by atoms with Gasteiger partial charge in [-0.1, -0.05) is 182 Å². The van der Waals surface area contributed by atoms with Gasteiger partial charge < -0.3 is 39.4 Å². The number of allylic oxidation sites excluding steroid dienone is 15. The SMILES string of the molecule is CC/C=C\C/C=C\C/C=C\C/C=C\C/C=C\CC(=O)OC(COCCCCCCCCCCC/C=C\C/C=C\C/C=C\CCCCCCC)COC1OC(CO)C(O)C(O)C1O. The summed E-state index contributed by atoms with van der Waals surface area (Å²) in [6.07, 6.45) is 53.2. The van der Waals surface area contributed by atoms with Crippen molar-refractivity contribution in [3.63, 3.8) is 0 Å². The van der Waals surface area contributed by atoms with Gasteiger partial charge in [0.2, 0.25) is 0 Å². The maximum Gasteiger partial charge on any atom is 0.310 e. The molecule has 0 saturated carbocycles. The lowest BCUT2D eigenvalue weighted by Gasteiger charge is -2.39. The van der Waals surface area contributed by atoms with Crippen LogP contribution in [0.4, 0.5) is 0 Å². The number of aliphatic hydroxyl groups excluding tert-OH is 4. The van der Waals surface area contributed by atoms with Crippen molar-refractivity contribution >= 4 is 5.97 Å². The first-order valence-corrected chi connectivity index (χ1v) is 24.3. The molecule has 0 aromatic carbocycles. The highest BCUT2D eigenvalue weighted by molar-refractivity contribution is 5.71. The molecule has 9 heteroatoms. The largest absolute Gasteiger partial charge is 0.457 e. The number of unbranched alkanes of at least 4 members (excludes halogenated alkanes) is 14. The predicted octanol–water partition coefficient (Wildman–Crippen LogP) is 11.6. The van der Waals surface area contributed by atoms with Gasteiger partial charge in [0.15, 0.2) is 6.29 Å². The average Bonchev–Trinajstić information content (AvgIpc) is 3.27. The van der Waals surface area contributed by atoms with E-state index in [4.69, 9.17) is 18.9 Å². The second-order valence-corrected chi connectivity index (χ2v) is 16.2. The molecule has 4 N–H and O–H groups in total. The van der Waals surface area contributed by atoms with E-state index in [0.29, 0.717) is 13.0 Å². The summed E-state index contributed by atoms with van der Waals surface area (Å²) in [4.78, 5) is 12.7. The van der Waals surface area contributed by atoms with Crippen molar-refractivity contribution in [1.29, 1.82) is 0 Å². The lowest BCUT2D eigenvalue weighted by Crippen LogP contribution is -2.59. The average molecular weight is 869 g/mol. The summed E-state index contributed by atoms with van der Waals surface area (Å²) in [5, 5.41) is 40.2. The number of esters is 1. The zero-order chi connectivity index (χ0) is 45.0. The van der Waals surface area contributed by atoms with Crippen LogP contribution in [0.1, 0.15) is 168 Å². The second kappa shape index (κ2) is 43.4. The molecule has 0 amide bonds. The summed E-state index contributed by atoms with van der Waals surface area (Å²) in [5.74, 6) is -0.445. The van der Waals surface area contributed by atoms with E-state index in [1.165, 1.54) is 77.0 Å². The molecule has 6 unspecified atom stereocenters. The summed E-state index contributed by atoms with van der Waals surface area (Å²) < 4.78 is 22.7. The molecule has 1 rings (SSSR count). The van der Waals surface area contributed by atoms with Crippen LogP contribution < -0.4 is 0 Å². The Morgan fingerprint density at radius 2 is 0.984 bits per heavy atom. The molecule has 1 saturated heterocycles. The standard InChI is InChI=1S/C53H88O9/c1-3-5-7-9-11-13-15-17-19-20-21-22-23-24-25-26-27-29-31-33-35-37-39-41-43-59-45-47(46-60-53-52(58)51(57)50(56)48(44-54)62-53)61-49(55)42-40-38-36-34-32-30-28-18-16-14-12-10-8-6-4-2/h6,8,12,14-15,17-18,20-21,23-24,28,32,34,38,40,47-48,50-54,56-58H,3-5,7,9-11,13,16,19,22,25-27,29-31,33,35-37,39,41-46H2,1-2H3/b8-6-,14-12-,17-15-,21-20-,24-23-,28-18-,34-32-,40-38-. The number of ether oxygens (including phenoxy) is 4. The Balaban J connectivity index is 2.27. The quantitative estimate of drug-likeness (QED) is 0.0270. The smallest absolute Gasteiger partial charge is 0.310 e. The van der Waals surface area contributed by atoms with Gasteiger partial charge in [-0.3, -0.25) is 4.79 Å². The van der Waals surface area contributed by atoms with E-state index in [-0.39, 0.29) is 19.6 Å². The minimum absolute atomic E-state index is 0.0801. The molecule has 6 atom stereocenters. The van der Waals surface area contributed by atoms with E-state index in [0.717, 1.165) is 64.2 Å². The number of hydrogen-bond acceptors (Lipinski definition) is 9. The van der Waals surface area contributed by atoms with Crippen LogP contribution in [0.15, 0.2) is 97.2 Å². The van der Waals surface area contributed by atoms with Gasteiger partial charge >= 0.3 is 5.97 Å². The Morgan fingerprint density at radius 3 is 1.48 bits per heavy atom. The van der Waals surface area contributed by atoms with Gasteiger partial charge in [0, 0.05) is 6.61 Å². The Hall–Kier alpha value is -2.89. The van der Waals surface area contributed by atoms with Crippen LogP contribution in [0.25, 0.3) is 0 Å². The summed E-state index contributed by atoms with van der Waals surface area (Å²) in [6.45, 7) is 4.28. The molecule has 0 aromatic heterocycles. The zero-order valence-electron chi connectivity index (χ0n) is 38.8. The molecule has 1 aliphatic heterocycles. The molecule has 1 fully saturated rings. The van der Waals surface area contributed by atoms with Gasteiger partial charge in [0.1, 0.15) is 30.5 Å². The van der Waals surface area contributed by atoms with Crippen LogP contribution >= 0.6 is 0 Å². The third-order valence-electron chi connectivity index (χ3n) is 10.5. The molecule has 0 aromatic rings. The second-order valence-electron chi connectivity index (χ2n) is 16.2. The van der Waals surface area contributed by atoms with Crippen LogP contribution in [0.3, 0.4) is 0 Å². The van der Waals surface area contributed by atoms with Gasteiger partial charge in [0.05, 0.1) is 26.2 Å². The Bertz CT molecular complexity index is 1260. The van der Waals surface area contributed by atoms with Gasteiger partial charge in [0.25, 0.3) is 0 Å². The van der Waals surface area contributed by atoms with Gasteiger partial charge in [-0.15, -0.1) is 0 Å². The van der Waals surface area contributed by atoms with E-state index < -0.39 is 49.4 Å². The molecule has 0 aliphatic carbocycles. The molecule has 1 aliphatic rings. The van der Waals surface area contributed by atoms with Crippen molar-refractivity contribution in [3.8, 4) is 0 Å². The first kappa shape index (κ1) is 57.1. The summed E-state index contributed by atoms with van der Waals surface area (Å²) >= 11 is 0. The molecule has 354 valence electrons. The number of hydrogen-bond donors (Lipinski definition) is 4. The van der Waals surface area contributed by atoms with Crippen LogP contribution in [0.5, 0.6) is 0 Å². The normalized spacial score (nSPS) is 20.6. The van der Waals surface area contributed by atoms with Crippen molar-refractivity contribution in [2.24, 2.45) is 0 Å². The Kier molecular flexibility index (Phi) is 40.0. The fourth-order valence-corrected chi connectivity index (χ4v) is 6.75. The van der Waals surface area contributed by atoms with E-state index in [1.807, 2.05) is 6.08 Å². The summed E-state index contributed by atoms with van der Waals surface area (Å²) in [6, 6.07) is 0. The third-order valence-corrected chi connectivity index (χ3v) is 10.5. The van der Waals surface area contributed by atoms with Gasteiger partial charge in [-0.05, 0) is 77.0 Å². The molecule has 0 spiro atoms. The topological polar surface area (TPSA) is 135 Å². The maximum absolute atomic E-state index is 12.7. The highest BCUT2D eigenvalue weighted by Gasteiger charge is 2.44. The Morgan fingerprint density at radius 1 is 0.532 bits per heavy atom. The van der Waals surface area contributed by atoms with Crippen LogP contribution in [-0.4, -0.2) is 89.6 Å². The van der Waals surface area contributed by atoms with E-state index in [9.17, 15) is 25.2 Å². The van der Waals surface area contributed by atoms with Crippen molar-refractivity contribution in [2.75, 3.05) is 26.4 Å². The van der Waals surface area contributed by atoms with Crippen LogP contribution in [0, 0.1) is 0 Å². The highest BCUT2D eigenvalue weighted by atomic mass is 16.7. The van der Waals surface area contributed by atoms with Crippen LogP contribution in [0.2, 0.25) is 0 Å². The van der Waals surface area contributed by atoms with Crippen molar-refractivity contribution in [3.05, 3.63) is 97.2 Å². The third kappa shape index (κ3) is 33.6. The first-order valence-electron chi connectivity index (χ1n) is 24.3. The van der Waals surface area contributed by atoms with Crippen molar-refractivity contribution in [2.45, 2.75) is 205 Å². The fraction of sp³-hybridized carbons (Fsp3) is 0.679. The van der Waals surface area contributed by atoms with Crippen molar-refractivity contribution < 1.29 is 44.2 Å². The molecule has 9 nitrogen and oxygen atoms in total. The molecule has 0 bridgehead atoms. The molecule has 0 radical (unpaired) electrons. The minimum Gasteiger partial charge on any atom is -0.457 e. The number of carbonyl (C=O) groups is 1. The summed E-state index contributed by atoms with van der Waals surface area (Å²) in [5.41, 5.74) is 0. The van der Waals surface area contributed by atoms with E-state index in [2.05, 4.69) is 98.9 Å². The monoisotopic (exact) mass is 869 g/mol. The van der Waals surface area contributed by atoms with E-state index in [1.54, 1.807) is 6.08 Å². The number of rotatable bonds is 40. The molecule has 62 heavy (non-hydrogen) atoms. The fourth-order valence-electron chi connectivity index (χ4n) is 6.75. The molecular formula is C53H88O9. The summed E-state index contributed by atoms with van der Waals surface area (Å²) in [7, 11) is 0.